The number of aryl methyl sites for hydroxylation is 2. The highest BCUT2D eigenvalue weighted by Gasteiger charge is 2.10. The minimum absolute atomic E-state index is 0.0700. The Kier molecular flexibility index (Phi) is 4.12. The summed E-state index contributed by atoms with van der Waals surface area (Å²) in [5.74, 6) is 0.545. The Morgan fingerprint density at radius 3 is 2.48 bits per heavy atom. The molecule has 0 radical (unpaired) electrons. The van der Waals surface area contributed by atoms with Crippen LogP contribution in [-0.4, -0.2) is 16.1 Å². The van der Waals surface area contributed by atoms with Gasteiger partial charge in [-0.05, 0) is 49.7 Å². The highest BCUT2D eigenvalue weighted by Crippen LogP contribution is 2.29. The summed E-state index contributed by atoms with van der Waals surface area (Å²) in [5.41, 5.74) is 3.22. The fraction of sp³-hybridized carbons (Fsp3) is 0.111. The van der Waals surface area contributed by atoms with Crippen LogP contribution in [0.3, 0.4) is 0 Å². The molecular weight excluding hydrogens is 310 g/mol. The molecule has 2 aromatic carbocycles. The van der Waals surface area contributed by atoms with Crippen molar-refractivity contribution in [2.24, 2.45) is 0 Å². The number of ether oxygens (including phenoxy) is 1. The van der Waals surface area contributed by atoms with Crippen LogP contribution in [0, 0.1) is 13.8 Å². The first-order valence-electron chi connectivity index (χ1n) is 7.07. The Morgan fingerprint density at radius 2 is 1.87 bits per heavy atom. The Balaban J connectivity index is 1.80. The van der Waals surface area contributed by atoms with E-state index in [1.54, 1.807) is 0 Å². The molecule has 0 aliphatic rings. The molecule has 116 valence electrons. The molecule has 1 heterocycles. The highest BCUT2D eigenvalue weighted by atomic mass is 32.1. The van der Waals surface area contributed by atoms with Crippen LogP contribution >= 0.6 is 11.3 Å². The molecule has 3 aromatic rings. The minimum atomic E-state index is -1.01. The second kappa shape index (κ2) is 6.22. The number of hydrogen-bond acceptors (Lipinski definition) is 4. The van der Waals surface area contributed by atoms with Crippen molar-refractivity contribution in [1.82, 2.24) is 4.98 Å². The van der Waals surface area contributed by atoms with E-state index < -0.39 is 5.97 Å². The second-order valence-electron chi connectivity index (χ2n) is 5.24. The summed E-state index contributed by atoms with van der Waals surface area (Å²) in [6.45, 7) is 4.06. The van der Waals surface area contributed by atoms with Crippen molar-refractivity contribution in [3.05, 3.63) is 64.7 Å². The Labute approximate surface area is 138 Å². The summed E-state index contributed by atoms with van der Waals surface area (Å²) in [6, 6.07) is 13.5. The number of carboxylic acids is 1. The molecule has 4 nitrogen and oxygen atoms in total. The van der Waals surface area contributed by atoms with Crippen LogP contribution < -0.4 is 4.74 Å². The molecule has 1 aromatic heterocycles. The fourth-order valence-corrected chi connectivity index (χ4v) is 3.01. The summed E-state index contributed by atoms with van der Waals surface area (Å²) in [6.07, 6.45) is 0. The number of benzene rings is 2. The molecule has 0 unspecified atom stereocenters. The maximum atomic E-state index is 10.9. The molecule has 0 atom stereocenters. The molecule has 3 rings (SSSR count). The molecule has 1 N–H and O–H groups in total. The lowest BCUT2D eigenvalue weighted by atomic mass is 10.1. The Bertz CT molecular complexity index is 853. The van der Waals surface area contributed by atoms with E-state index in [9.17, 15) is 4.79 Å². The van der Waals surface area contributed by atoms with Crippen LogP contribution in [0.2, 0.25) is 0 Å². The molecule has 0 saturated heterocycles. The van der Waals surface area contributed by atoms with Gasteiger partial charge in [-0.2, -0.15) is 0 Å². The average molecular weight is 325 g/mol. The van der Waals surface area contributed by atoms with E-state index in [2.05, 4.69) is 11.1 Å². The molecular formula is C18H15NO3S. The van der Waals surface area contributed by atoms with Crippen molar-refractivity contribution < 1.29 is 14.6 Å². The van der Waals surface area contributed by atoms with Crippen LogP contribution in [-0.2, 0) is 0 Å². The molecule has 0 amide bonds. The summed E-state index contributed by atoms with van der Waals surface area (Å²) in [7, 11) is 0. The van der Waals surface area contributed by atoms with E-state index in [1.807, 2.05) is 50.2 Å². The van der Waals surface area contributed by atoms with E-state index >= 15 is 0 Å². The zero-order valence-electron chi connectivity index (χ0n) is 12.7. The van der Waals surface area contributed by atoms with Gasteiger partial charge in [0.2, 0.25) is 0 Å². The van der Waals surface area contributed by atoms with Gasteiger partial charge in [-0.25, -0.2) is 9.78 Å². The first-order valence-corrected chi connectivity index (χ1v) is 7.95. The molecule has 0 fully saturated rings. The summed E-state index contributed by atoms with van der Waals surface area (Å²) < 4.78 is 5.89. The topological polar surface area (TPSA) is 59.4 Å². The van der Waals surface area contributed by atoms with Gasteiger partial charge in [-0.1, -0.05) is 17.7 Å². The third-order valence-electron chi connectivity index (χ3n) is 3.38. The lowest BCUT2D eigenvalue weighted by molar-refractivity contribution is 0.0691. The average Bonchev–Trinajstić information content (AvgIpc) is 3.01. The maximum absolute atomic E-state index is 10.9. The molecule has 5 heteroatoms. The summed E-state index contributed by atoms with van der Waals surface area (Å²) >= 11 is 1.31. The van der Waals surface area contributed by atoms with Gasteiger partial charge >= 0.3 is 5.97 Å². The lowest BCUT2D eigenvalue weighted by Gasteiger charge is -2.09. The monoisotopic (exact) mass is 325 g/mol. The Hall–Kier alpha value is -2.66. The zero-order chi connectivity index (χ0) is 16.4. The number of nitrogens with zero attached hydrogens (tertiary/aromatic N) is 1. The minimum Gasteiger partial charge on any atom is -0.476 e. The number of carbonyl (C=O) groups is 1. The third kappa shape index (κ3) is 3.40. The first-order chi connectivity index (χ1) is 11.0. The molecule has 0 bridgehead atoms. The van der Waals surface area contributed by atoms with Crippen LogP contribution in [0.1, 0.15) is 21.6 Å². The van der Waals surface area contributed by atoms with Crippen LogP contribution in [0.4, 0.5) is 0 Å². The zero-order valence-corrected chi connectivity index (χ0v) is 13.6. The molecule has 0 aliphatic carbocycles. The van der Waals surface area contributed by atoms with E-state index in [0.717, 1.165) is 22.6 Å². The van der Waals surface area contributed by atoms with Crippen molar-refractivity contribution >= 4 is 17.3 Å². The van der Waals surface area contributed by atoms with Crippen LogP contribution in [0.15, 0.2) is 47.8 Å². The van der Waals surface area contributed by atoms with Crippen molar-refractivity contribution in [2.45, 2.75) is 13.8 Å². The molecule has 0 saturated carbocycles. The van der Waals surface area contributed by atoms with Gasteiger partial charge < -0.3 is 9.84 Å². The standard InChI is InChI=1S/C18H15NO3S/c1-11-3-8-16(12(2)9-11)22-14-6-4-13(5-7-14)17-19-15(10-23-17)18(20)21/h3-10H,1-2H3,(H,20,21). The van der Waals surface area contributed by atoms with Gasteiger partial charge in [0.1, 0.15) is 16.5 Å². The van der Waals surface area contributed by atoms with Gasteiger partial charge in [0, 0.05) is 10.9 Å². The van der Waals surface area contributed by atoms with E-state index in [4.69, 9.17) is 9.84 Å². The molecule has 0 aliphatic heterocycles. The van der Waals surface area contributed by atoms with E-state index in [-0.39, 0.29) is 5.69 Å². The van der Waals surface area contributed by atoms with Gasteiger partial charge in [0.15, 0.2) is 5.69 Å². The van der Waals surface area contributed by atoms with Crippen LogP contribution in [0.25, 0.3) is 10.6 Å². The predicted octanol–water partition coefficient (Wildman–Crippen LogP) is 4.92. The maximum Gasteiger partial charge on any atom is 0.355 e. The van der Waals surface area contributed by atoms with Gasteiger partial charge in [-0.15, -0.1) is 11.3 Å². The number of rotatable bonds is 4. The van der Waals surface area contributed by atoms with Gasteiger partial charge in [0.25, 0.3) is 0 Å². The summed E-state index contributed by atoms with van der Waals surface area (Å²) in [4.78, 5) is 15.0. The molecule has 23 heavy (non-hydrogen) atoms. The van der Waals surface area contributed by atoms with Crippen LogP contribution in [0.5, 0.6) is 11.5 Å². The first kappa shape index (κ1) is 15.2. The SMILES string of the molecule is Cc1ccc(Oc2ccc(-c3nc(C(=O)O)cs3)cc2)c(C)c1. The molecule has 0 spiro atoms. The van der Waals surface area contributed by atoms with Gasteiger partial charge in [-0.3, -0.25) is 0 Å². The second-order valence-corrected chi connectivity index (χ2v) is 6.10. The van der Waals surface area contributed by atoms with Crippen molar-refractivity contribution in [1.29, 1.82) is 0 Å². The fourth-order valence-electron chi connectivity index (χ4n) is 2.21. The van der Waals surface area contributed by atoms with Gasteiger partial charge in [0.05, 0.1) is 0 Å². The van der Waals surface area contributed by atoms with E-state index in [1.165, 1.54) is 22.3 Å². The number of carboxylic acid groups (broad SMARTS) is 1. The Morgan fingerprint density at radius 1 is 1.13 bits per heavy atom. The van der Waals surface area contributed by atoms with Crippen molar-refractivity contribution in [3.8, 4) is 22.1 Å². The number of aromatic nitrogens is 1. The third-order valence-corrected chi connectivity index (χ3v) is 4.27. The smallest absolute Gasteiger partial charge is 0.355 e. The number of aromatic carboxylic acids is 1. The van der Waals surface area contributed by atoms with E-state index in [0.29, 0.717) is 5.01 Å². The number of hydrogen-bond donors (Lipinski definition) is 1. The quantitative estimate of drug-likeness (QED) is 0.740. The number of thiazole rings is 1. The lowest BCUT2D eigenvalue weighted by Crippen LogP contribution is -1.95. The van der Waals surface area contributed by atoms with Crippen molar-refractivity contribution in [2.75, 3.05) is 0 Å². The van der Waals surface area contributed by atoms with Crippen molar-refractivity contribution in [3.63, 3.8) is 0 Å². The normalized spacial score (nSPS) is 10.5. The highest BCUT2D eigenvalue weighted by molar-refractivity contribution is 7.13. The summed E-state index contributed by atoms with van der Waals surface area (Å²) in [5, 5.41) is 11.1. The largest absolute Gasteiger partial charge is 0.476 e. The predicted molar refractivity (Wildman–Crippen MR) is 90.5 cm³/mol.